The Morgan fingerprint density at radius 1 is 1.19 bits per heavy atom. The maximum Gasteiger partial charge on any atom is 0.338 e. The van der Waals surface area contributed by atoms with Crippen molar-refractivity contribution >= 4 is 11.9 Å². The summed E-state index contributed by atoms with van der Waals surface area (Å²) in [5.41, 5.74) is 1.64. The van der Waals surface area contributed by atoms with E-state index in [0.29, 0.717) is 37.0 Å². The van der Waals surface area contributed by atoms with E-state index in [9.17, 15) is 9.59 Å². The topological polar surface area (TPSA) is 83.1 Å². The number of carbonyl (C=O) groups excluding carboxylic acids is 2. The minimum absolute atomic E-state index is 0.247. The van der Waals surface area contributed by atoms with Crippen LogP contribution in [-0.4, -0.2) is 45.4 Å². The first kappa shape index (κ1) is 19.1. The van der Waals surface area contributed by atoms with E-state index in [-0.39, 0.29) is 18.1 Å². The maximum atomic E-state index is 12.3. The molecule has 0 bridgehead atoms. The molecule has 1 aliphatic carbocycles. The number of carbonyl (C=O) groups is 2. The van der Waals surface area contributed by atoms with Crippen LogP contribution in [0.15, 0.2) is 23.8 Å². The number of fused-ring (bicyclic) bond motifs is 1. The van der Waals surface area contributed by atoms with E-state index in [4.69, 9.17) is 18.9 Å². The van der Waals surface area contributed by atoms with Gasteiger partial charge in [-0.15, -0.1) is 0 Å². The maximum absolute atomic E-state index is 12.3. The monoisotopic (exact) mass is 375 g/mol. The number of allylic oxidation sites excluding steroid dienone is 1. The van der Waals surface area contributed by atoms with E-state index in [0.717, 1.165) is 19.3 Å². The number of methoxy groups -OCH3 is 1. The van der Waals surface area contributed by atoms with Gasteiger partial charge >= 0.3 is 5.97 Å². The average molecular weight is 375 g/mol. The van der Waals surface area contributed by atoms with Gasteiger partial charge in [0.1, 0.15) is 13.2 Å². The number of hydrogen-bond acceptors (Lipinski definition) is 6. The lowest BCUT2D eigenvalue weighted by atomic mass is 9.97. The van der Waals surface area contributed by atoms with Crippen molar-refractivity contribution in [3.63, 3.8) is 0 Å². The first-order chi connectivity index (χ1) is 13.2. The third-order valence-corrected chi connectivity index (χ3v) is 4.55. The van der Waals surface area contributed by atoms with Gasteiger partial charge in [-0.25, -0.2) is 4.79 Å². The summed E-state index contributed by atoms with van der Waals surface area (Å²) in [6.45, 7) is 1.05. The van der Waals surface area contributed by atoms with Gasteiger partial charge in [0.05, 0.1) is 12.7 Å². The highest BCUT2D eigenvalue weighted by atomic mass is 16.6. The Kier molecular flexibility index (Phi) is 6.57. The first-order valence-electron chi connectivity index (χ1n) is 9.26. The number of ether oxygens (including phenoxy) is 4. The molecule has 0 spiro atoms. The Morgan fingerprint density at radius 2 is 2.04 bits per heavy atom. The second kappa shape index (κ2) is 9.30. The van der Waals surface area contributed by atoms with E-state index < -0.39 is 5.97 Å². The minimum atomic E-state index is -0.615. The zero-order valence-corrected chi connectivity index (χ0v) is 15.5. The van der Waals surface area contributed by atoms with Gasteiger partial charge in [0, 0.05) is 6.54 Å². The molecule has 0 atom stereocenters. The van der Waals surface area contributed by atoms with Gasteiger partial charge in [0.2, 0.25) is 5.75 Å². The van der Waals surface area contributed by atoms with Gasteiger partial charge in [0.25, 0.3) is 5.91 Å². The second-order valence-electron chi connectivity index (χ2n) is 6.49. The molecule has 27 heavy (non-hydrogen) atoms. The largest absolute Gasteiger partial charge is 0.493 e. The van der Waals surface area contributed by atoms with Crippen LogP contribution in [0.25, 0.3) is 0 Å². The molecule has 0 saturated carbocycles. The van der Waals surface area contributed by atoms with Gasteiger partial charge in [-0.3, -0.25) is 4.79 Å². The number of amides is 1. The fourth-order valence-electron chi connectivity index (χ4n) is 3.15. The summed E-state index contributed by atoms with van der Waals surface area (Å²) in [7, 11) is 1.48. The van der Waals surface area contributed by atoms with Gasteiger partial charge in [0.15, 0.2) is 18.1 Å². The number of hydrogen-bond donors (Lipinski definition) is 1. The molecular weight excluding hydrogens is 350 g/mol. The van der Waals surface area contributed by atoms with E-state index >= 15 is 0 Å². The highest BCUT2D eigenvalue weighted by Gasteiger charge is 2.22. The molecule has 1 aromatic rings. The molecule has 1 heterocycles. The van der Waals surface area contributed by atoms with Crippen molar-refractivity contribution < 1.29 is 28.5 Å². The molecule has 0 fully saturated rings. The van der Waals surface area contributed by atoms with E-state index in [1.54, 1.807) is 0 Å². The van der Waals surface area contributed by atoms with Crippen molar-refractivity contribution in [1.29, 1.82) is 0 Å². The van der Waals surface area contributed by atoms with E-state index in [2.05, 4.69) is 11.4 Å². The molecule has 7 heteroatoms. The molecule has 146 valence electrons. The summed E-state index contributed by atoms with van der Waals surface area (Å²) < 4.78 is 21.3. The van der Waals surface area contributed by atoms with Crippen LogP contribution in [0.5, 0.6) is 17.2 Å². The highest BCUT2D eigenvalue weighted by molar-refractivity contribution is 5.92. The normalized spacial score (nSPS) is 15.5. The fourth-order valence-corrected chi connectivity index (χ4v) is 3.15. The summed E-state index contributed by atoms with van der Waals surface area (Å²) in [5.74, 6) is 0.358. The van der Waals surface area contributed by atoms with Crippen LogP contribution in [0.4, 0.5) is 0 Å². The van der Waals surface area contributed by atoms with Gasteiger partial charge in [-0.2, -0.15) is 0 Å². The SMILES string of the molecule is COc1cc(C(=O)OCC(=O)NCCC2=CCCCC2)cc2c1OCCO2. The van der Waals surface area contributed by atoms with Gasteiger partial charge in [-0.05, 0) is 44.2 Å². The zero-order chi connectivity index (χ0) is 19.1. The Hall–Kier alpha value is -2.70. The molecule has 1 aliphatic heterocycles. The molecule has 7 nitrogen and oxygen atoms in total. The number of benzene rings is 1. The third-order valence-electron chi connectivity index (χ3n) is 4.55. The molecule has 0 aromatic heterocycles. The number of rotatable bonds is 7. The average Bonchev–Trinajstić information content (AvgIpc) is 2.72. The number of nitrogens with one attached hydrogen (secondary N) is 1. The van der Waals surface area contributed by atoms with Crippen LogP contribution in [0.3, 0.4) is 0 Å². The molecule has 0 unspecified atom stereocenters. The Balaban J connectivity index is 1.48. The van der Waals surface area contributed by atoms with Crippen LogP contribution in [0.2, 0.25) is 0 Å². The molecule has 1 N–H and O–H groups in total. The van der Waals surface area contributed by atoms with Crippen molar-refractivity contribution in [1.82, 2.24) is 5.32 Å². The smallest absolute Gasteiger partial charge is 0.338 e. The fraction of sp³-hybridized carbons (Fsp3) is 0.500. The Morgan fingerprint density at radius 3 is 2.81 bits per heavy atom. The molecular formula is C20H25NO6. The number of esters is 1. The predicted molar refractivity (Wildman–Crippen MR) is 98.4 cm³/mol. The Labute approximate surface area is 158 Å². The van der Waals surface area contributed by atoms with Crippen LogP contribution in [-0.2, 0) is 9.53 Å². The molecule has 1 amide bonds. The molecule has 3 rings (SSSR count). The lowest BCUT2D eigenvalue weighted by Gasteiger charge is -2.21. The minimum Gasteiger partial charge on any atom is -0.493 e. The van der Waals surface area contributed by atoms with Crippen LogP contribution in [0, 0.1) is 0 Å². The van der Waals surface area contributed by atoms with Crippen molar-refractivity contribution in [2.75, 3.05) is 33.5 Å². The van der Waals surface area contributed by atoms with Crippen molar-refractivity contribution in [3.05, 3.63) is 29.3 Å². The van der Waals surface area contributed by atoms with Crippen molar-refractivity contribution in [2.45, 2.75) is 32.1 Å². The summed E-state index contributed by atoms with van der Waals surface area (Å²) >= 11 is 0. The zero-order valence-electron chi connectivity index (χ0n) is 15.5. The first-order valence-corrected chi connectivity index (χ1v) is 9.26. The highest BCUT2D eigenvalue weighted by Crippen LogP contribution is 2.40. The third kappa shape index (κ3) is 5.15. The van der Waals surface area contributed by atoms with Crippen LogP contribution in [0.1, 0.15) is 42.5 Å². The van der Waals surface area contributed by atoms with Gasteiger partial charge < -0.3 is 24.3 Å². The summed E-state index contributed by atoms with van der Waals surface area (Å²) in [4.78, 5) is 24.2. The van der Waals surface area contributed by atoms with Crippen molar-refractivity contribution in [3.8, 4) is 17.2 Å². The van der Waals surface area contributed by atoms with Gasteiger partial charge in [-0.1, -0.05) is 11.6 Å². The van der Waals surface area contributed by atoms with E-state index in [1.165, 1.54) is 37.7 Å². The molecule has 0 radical (unpaired) electrons. The van der Waals surface area contributed by atoms with Crippen molar-refractivity contribution in [2.24, 2.45) is 0 Å². The molecule has 1 aromatic carbocycles. The Bertz CT molecular complexity index is 710. The summed E-state index contributed by atoms with van der Waals surface area (Å²) in [6.07, 6.45) is 7.80. The lowest BCUT2D eigenvalue weighted by Crippen LogP contribution is -2.30. The lowest BCUT2D eigenvalue weighted by molar-refractivity contribution is -0.124. The summed E-state index contributed by atoms with van der Waals surface area (Å²) in [5, 5.41) is 2.78. The van der Waals surface area contributed by atoms with Crippen LogP contribution < -0.4 is 19.5 Å². The van der Waals surface area contributed by atoms with Crippen LogP contribution >= 0.6 is 0 Å². The molecule has 2 aliphatic rings. The molecule has 0 saturated heterocycles. The second-order valence-corrected chi connectivity index (χ2v) is 6.49. The van der Waals surface area contributed by atoms with E-state index in [1.807, 2.05) is 0 Å². The summed E-state index contributed by atoms with van der Waals surface area (Å²) in [6, 6.07) is 3.05. The predicted octanol–water partition coefficient (Wildman–Crippen LogP) is 2.63. The standard InChI is InChI=1S/C20H25NO6/c1-24-16-11-15(12-17-19(16)26-10-9-25-17)20(23)27-13-18(22)21-8-7-14-5-3-2-4-6-14/h5,11-12H,2-4,6-10,13H2,1H3,(H,21,22). The quantitative estimate of drug-likeness (QED) is 0.583.